The van der Waals surface area contributed by atoms with E-state index in [-0.39, 0.29) is 18.4 Å². The number of hydrogen-bond acceptors (Lipinski definition) is 5. The Kier molecular flexibility index (Phi) is 4.99. The highest BCUT2D eigenvalue weighted by Crippen LogP contribution is 2.13. The normalized spacial score (nSPS) is 14.0. The van der Waals surface area contributed by atoms with Crippen LogP contribution in [-0.2, 0) is 14.3 Å². The summed E-state index contributed by atoms with van der Waals surface area (Å²) in [5, 5.41) is 4.45. The van der Waals surface area contributed by atoms with Gasteiger partial charge in [0.1, 0.15) is 6.54 Å². The number of nitrogens with zero attached hydrogens (tertiary/aromatic N) is 1. The van der Waals surface area contributed by atoms with E-state index in [0.29, 0.717) is 17.0 Å². The van der Waals surface area contributed by atoms with Gasteiger partial charge in [-0.3, -0.25) is 9.59 Å². The van der Waals surface area contributed by atoms with Gasteiger partial charge < -0.3 is 15.0 Å². The number of carbonyl (C=O) groups is 3. The van der Waals surface area contributed by atoms with Gasteiger partial charge in [-0.1, -0.05) is 0 Å². The first-order valence-corrected chi connectivity index (χ1v) is 7.21. The van der Waals surface area contributed by atoms with Gasteiger partial charge in [0.15, 0.2) is 0 Å². The summed E-state index contributed by atoms with van der Waals surface area (Å²) in [4.78, 5) is 36.1. The molecule has 6 nitrogen and oxygen atoms in total. The fraction of sp³-hybridized carbons (Fsp3) is 0.214. The van der Waals surface area contributed by atoms with Crippen LogP contribution in [0.4, 0.5) is 5.69 Å². The zero-order valence-electron chi connectivity index (χ0n) is 11.4. The van der Waals surface area contributed by atoms with Gasteiger partial charge in [-0.2, -0.15) is 0 Å². The van der Waals surface area contributed by atoms with E-state index in [2.05, 4.69) is 10.1 Å². The molecule has 0 unspecified atom stereocenters. The van der Waals surface area contributed by atoms with Crippen LogP contribution < -0.4 is 5.32 Å². The Labute approximate surface area is 126 Å². The highest BCUT2D eigenvalue weighted by molar-refractivity contribution is 8.02. The Morgan fingerprint density at radius 2 is 2.05 bits per heavy atom. The number of benzene rings is 1. The van der Waals surface area contributed by atoms with Crippen molar-refractivity contribution in [3.8, 4) is 0 Å². The van der Waals surface area contributed by atoms with Gasteiger partial charge in [-0.15, -0.1) is 11.8 Å². The van der Waals surface area contributed by atoms with Crippen LogP contribution in [0.25, 0.3) is 0 Å². The van der Waals surface area contributed by atoms with E-state index < -0.39 is 5.97 Å². The third-order valence-corrected chi connectivity index (χ3v) is 3.50. The van der Waals surface area contributed by atoms with Crippen molar-refractivity contribution in [1.82, 2.24) is 4.90 Å². The highest BCUT2D eigenvalue weighted by Gasteiger charge is 2.17. The summed E-state index contributed by atoms with van der Waals surface area (Å²) in [5.74, 6) is -0.490. The topological polar surface area (TPSA) is 75.7 Å². The standard InChI is InChI=1S/C14H14N2O4S/c1-20-14(19)10-2-4-11(5-3-10)15-12(17)8-16-6-7-21-9-13(16)18/h2-7H,8-9H2,1H3,(H,15,17). The molecule has 21 heavy (non-hydrogen) atoms. The van der Waals surface area contributed by atoms with Crippen LogP contribution >= 0.6 is 11.8 Å². The monoisotopic (exact) mass is 306 g/mol. The lowest BCUT2D eigenvalue weighted by Gasteiger charge is -2.20. The number of hydrogen-bond donors (Lipinski definition) is 1. The zero-order chi connectivity index (χ0) is 15.2. The molecule has 0 saturated carbocycles. The second kappa shape index (κ2) is 6.94. The summed E-state index contributed by atoms with van der Waals surface area (Å²) in [6, 6.07) is 6.33. The number of carbonyl (C=O) groups excluding carboxylic acids is 3. The number of rotatable bonds is 4. The quantitative estimate of drug-likeness (QED) is 0.852. The van der Waals surface area contributed by atoms with Crippen molar-refractivity contribution in [3.63, 3.8) is 0 Å². The molecule has 0 atom stereocenters. The second-order valence-corrected chi connectivity index (χ2v) is 5.13. The van der Waals surface area contributed by atoms with Gasteiger partial charge in [-0.05, 0) is 29.7 Å². The van der Waals surface area contributed by atoms with E-state index in [9.17, 15) is 14.4 Å². The largest absolute Gasteiger partial charge is 0.465 e. The minimum absolute atomic E-state index is 0.0331. The first kappa shape index (κ1) is 15.1. The molecule has 0 saturated heterocycles. The molecule has 7 heteroatoms. The third-order valence-electron chi connectivity index (χ3n) is 2.77. The van der Waals surface area contributed by atoms with Gasteiger partial charge in [0, 0.05) is 11.9 Å². The molecule has 1 aliphatic rings. The summed E-state index contributed by atoms with van der Waals surface area (Å²) < 4.78 is 4.59. The van der Waals surface area contributed by atoms with Crippen LogP contribution in [0, 0.1) is 0 Å². The molecule has 1 aromatic carbocycles. The van der Waals surface area contributed by atoms with Crippen LogP contribution in [0.2, 0.25) is 0 Å². The highest BCUT2D eigenvalue weighted by atomic mass is 32.2. The molecule has 2 rings (SSSR count). The van der Waals surface area contributed by atoms with Crippen LogP contribution in [0.15, 0.2) is 35.9 Å². The Hall–Kier alpha value is -2.28. The number of thioether (sulfide) groups is 1. The average molecular weight is 306 g/mol. The minimum atomic E-state index is -0.436. The second-order valence-electron chi connectivity index (χ2n) is 4.23. The molecule has 1 aliphatic heterocycles. The smallest absolute Gasteiger partial charge is 0.337 e. The van der Waals surface area contributed by atoms with Crippen molar-refractivity contribution in [1.29, 1.82) is 0 Å². The van der Waals surface area contributed by atoms with Gasteiger partial charge in [0.25, 0.3) is 0 Å². The first-order valence-electron chi connectivity index (χ1n) is 6.16. The van der Waals surface area contributed by atoms with E-state index >= 15 is 0 Å². The van der Waals surface area contributed by atoms with Crippen molar-refractivity contribution in [2.24, 2.45) is 0 Å². The Bertz CT molecular complexity index is 583. The molecule has 0 radical (unpaired) electrons. The van der Waals surface area contributed by atoms with Gasteiger partial charge in [0.2, 0.25) is 11.8 Å². The van der Waals surface area contributed by atoms with Crippen LogP contribution in [0.5, 0.6) is 0 Å². The summed E-state index contributed by atoms with van der Waals surface area (Å²) in [6.07, 6.45) is 1.59. The maximum atomic E-state index is 11.9. The lowest BCUT2D eigenvalue weighted by molar-refractivity contribution is -0.129. The molecular weight excluding hydrogens is 292 g/mol. The molecular formula is C14H14N2O4S. The van der Waals surface area contributed by atoms with E-state index in [1.165, 1.54) is 23.8 Å². The van der Waals surface area contributed by atoms with Gasteiger partial charge in [-0.25, -0.2) is 4.79 Å². The lowest BCUT2D eigenvalue weighted by atomic mass is 10.2. The molecule has 0 spiro atoms. The number of esters is 1. The number of anilines is 1. The summed E-state index contributed by atoms with van der Waals surface area (Å²) in [5.41, 5.74) is 0.956. The predicted octanol–water partition coefficient (Wildman–Crippen LogP) is 1.46. The van der Waals surface area contributed by atoms with Crippen molar-refractivity contribution >= 4 is 35.2 Å². The number of ether oxygens (including phenoxy) is 1. The maximum Gasteiger partial charge on any atom is 0.337 e. The Morgan fingerprint density at radius 1 is 1.33 bits per heavy atom. The number of nitrogens with one attached hydrogen (secondary N) is 1. The van der Waals surface area contributed by atoms with Crippen molar-refractivity contribution in [2.45, 2.75) is 0 Å². The van der Waals surface area contributed by atoms with Crippen molar-refractivity contribution in [2.75, 3.05) is 24.7 Å². The molecule has 0 aromatic heterocycles. The number of amides is 2. The Morgan fingerprint density at radius 3 is 2.67 bits per heavy atom. The third kappa shape index (κ3) is 4.09. The summed E-state index contributed by atoms with van der Waals surface area (Å²) in [7, 11) is 1.31. The van der Waals surface area contributed by atoms with E-state index in [1.54, 1.807) is 35.9 Å². The fourth-order valence-corrected chi connectivity index (χ4v) is 2.34. The fourth-order valence-electron chi connectivity index (χ4n) is 1.71. The molecule has 1 N–H and O–H groups in total. The average Bonchev–Trinajstić information content (AvgIpc) is 2.49. The molecule has 2 amide bonds. The van der Waals surface area contributed by atoms with E-state index in [0.717, 1.165) is 0 Å². The van der Waals surface area contributed by atoms with Crippen molar-refractivity contribution < 1.29 is 19.1 Å². The lowest BCUT2D eigenvalue weighted by Crippen LogP contribution is -2.36. The van der Waals surface area contributed by atoms with Gasteiger partial charge in [0.05, 0.1) is 18.4 Å². The molecule has 0 bridgehead atoms. The van der Waals surface area contributed by atoms with Crippen LogP contribution in [-0.4, -0.2) is 42.1 Å². The maximum absolute atomic E-state index is 11.9. The molecule has 0 aliphatic carbocycles. The van der Waals surface area contributed by atoms with Crippen LogP contribution in [0.3, 0.4) is 0 Å². The van der Waals surface area contributed by atoms with E-state index in [4.69, 9.17) is 0 Å². The molecule has 1 heterocycles. The number of methoxy groups -OCH3 is 1. The SMILES string of the molecule is COC(=O)c1ccc(NC(=O)CN2C=CSCC2=O)cc1. The molecule has 1 aromatic rings. The van der Waals surface area contributed by atoms with Crippen molar-refractivity contribution in [3.05, 3.63) is 41.4 Å². The summed E-state index contributed by atoms with van der Waals surface area (Å²) in [6.45, 7) is -0.0331. The van der Waals surface area contributed by atoms with E-state index in [1.807, 2.05) is 0 Å². The minimum Gasteiger partial charge on any atom is -0.465 e. The van der Waals surface area contributed by atoms with Crippen LogP contribution in [0.1, 0.15) is 10.4 Å². The molecule has 110 valence electrons. The zero-order valence-corrected chi connectivity index (χ0v) is 12.2. The molecule has 0 fully saturated rings. The van der Waals surface area contributed by atoms with Gasteiger partial charge >= 0.3 is 5.97 Å². The summed E-state index contributed by atoms with van der Waals surface area (Å²) >= 11 is 1.40. The predicted molar refractivity (Wildman–Crippen MR) is 79.7 cm³/mol. The Balaban J connectivity index is 1.93. The first-order chi connectivity index (χ1) is 10.1.